The van der Waals surface area contributed by atoms with E-state index in [9.17, 15) is 4.79 Å². The fourth-order valence-electron chi connectivity index (χ4n) is 3.48. The fraction of sp³-hybridized carbons (Fsp3) is 0.240. The summed E-state index contributed by atoms with van der Waals surface area (Å²) in [5.74, 6) is 2.42. The van der Waals surface area contributed by atoms with Gasteiger partial charge in [0.15, 0.2) is 11.0 Å². The van der Waals surface area contributed by atoms with Crippen LogP contribution in [0, 0.1) is 6.92 Å². The third-order valence-corrected chi connectivity index (χ3v) is 6.22. The van der Waals surface area contributed by atoms with Gasteiger partial charge < -0.3 is 14.5 Å². The highest BCUT2D eigenvalue weighted by atomic mass is 32.2. The molecule has 0 saturated carbocycles. The molecule has 2 aromatic carbocycles. The minimum absolute atomic E-state index is 0.0379. The highest BCUT2D eigenvalue weighted by Gasteiger charge is 2.17. The summed E-state index contributed by atoms with van der Waals surface area (Å²) < 4.78 is 12.8. The summed E-state index contributed by atoms with van der Waals surface area (Å²) in [5, 5.41) is 12.4. The number of nitrogens with one attached hydrogen (secondary N) is 1. The van der Waals surface area contributed by atoms with Gasteiger partial charge in [-0.3, -0.25) is 9.36 Å². The van der Waals surface area contributed by atoms with Crippen molar-refractivity contribution in [3.8, 4) is 17.1 Å². The van der Waals surface area contributed by atoms with Crippen molar-refractivity contribution in [1.82, 2.24) is 20.1 Å². The van der Waals surface area contributed by atoms with Crippen molar-refractivity contribution in [2.75, 3.05) is 19.4 Å². The van der Waals surface area contributed by atoms with E-state index in [2.05, 4.69) is 34.6 Å². The summed E-state index contributed by atoms with van der Waals surface area (Å²) in [5.41, 5.74) is 3.35. The maximum atomic E-state index is 12.5. The van der Waals surface area contributed by atoms with Gasteiger partial charge in [0.2, 0.25) is 5.91 Å². The topological polar surface area (TPSA) is 82.2 Å². The molecule has 8 heteroatoms. The molecule has 2 heterocycles. The molecule has 0 saturated heterocycles. The number of aryl methyl sites for hydroxylation is 1. The van der Waals surface area contributed by atoms with Crippen LogP contribution in [0.3, 0.4) is 0 Å². The number of hydrogen-bond donors (Lipinski definition) is 1. The molecule has 0 aliphatic carbocycles. The van der Waals surface area contributed by atoms with Gasteiger partial charge in [-0.15, -0.1) is 10.2 Å². The molecule has 170 valence electrons. The Labute approximate surface area is 197 Å². The van der Waals surface area contributed by atoms with Crippen LogP contribution in [0.2, 0.25) is 0 Å². The number of nitrogens with zero attached hydrogens (tertiary/aromatic N) is 3. The van der Waals surface area contributed by atoms with Gasteiger partial charge >= 0.3 is 0 Å². The molecule has 0 unspecified atom stereocenters. The van der Waals surface area contributed by atoms with Crippen LogP contribution >= 0.6 is 11.8 Å². The zero-order valence-corrected chi connectivity index (χ0v) is 19.5. The molecule has 0 aliphatic rings. The van der Waals surface area contributed by atoms with E-state index in [0.717, 1.165) is 23.5 Å². The van der Waals surface area contributed by atoms with E-state index in [1.807, 2.05) is 53.1 Å². The molecule has 33 heavy (non-hydrogen) atoms. The van der Waals surface area contributed by atoms with Gasteiger partial charge in [-0.1, -0.05) is 48.2 Å². The number of furan rings is 1. The minimum atomic E-state index is -0.0379. The molecule has 0 aliphatic heterocycles. The van der Waals surface area contributed by atoms with E-state index in [-0.39, 0.29) is 11.7 Å². The van der Waals surface area contributed by atoms with Crippen LogP contribution in [0.15, 0.2) is 76.5 Å². The molecule has 1 N–H and O–H groups in total. The van der Waals surface area contributed by atoms with E-state index >= 15 is 0 Å². The van der Waals surface area contributed by atoms with Gasteiger partial charge in [0.1, 0.15) is 11.5 Å². The Morgan fingerprint density at radius 2 is 2.00 bits per heavy atom. The minimum Gasteiger partial charge on any atom is -0.497 e. The first-order chi connectivity index (χ1) is 16.1. The number of benzene rings is 2. The van der Waals surface area contributed by atoms with Crippen LogP contribution in [-0.4, -0.2) is 40.1 Å². The molecule has 0 spiro atoms. The SMILES string of the molecule is COc1cccc(-c2nnc(SCC(=O)NCCc3ccccc3C)n2Cc2ccco2)c1. The van der Waals surface area contributed by atoms with Crippen LogP contribution < -0.4 is 10.1 Å². The number of rotatable bonds is 10. The second kappa shape index (κ2) is 10.9. The van der Waals surface area contributed by atoms with E-state index in [1.165, 1.54) is 22.9 Å². The van der Waals surface area contributed by atoms with Crippen LogP contribution in [0.4, 0.5) is 0 Å². The van der Waals surface area contributed by atoms with Crippen molar-refractivity contribution < 1.29 is 13.9 Å². The molecule has 4 aromatic rings. The van der Waals surface area contributed by atoms with Crippen molar-refractivity contribution >= 4 is 17.7 Å². The fourth-order valence-corrected chi connectivity index (χ4v) is 4.25. The number of thioether (sulfide) groups is 1. The molecule has 0 fully saturated rings. The van der Waals surface area contributed by atoms with E-state index < -0.39 is 0 Å². The summed E-state index contributed by atoms with van der Waals surface area (Å²) in [6, 6.07) is 19.6. The number of carbonyl (C=O) groups is 1. The number of amides is 1. The Morgan fingerprint density at radius 1 is 1.12 bits per heavy atom. The number of hydrogen-bond acceptors (Lipinski definition) is 6. The van der Waals surface area contributed by atoms with Gasteiger partial charge in [0.25, 0.3) is 0 Å². The molecular weight excluding hydrogens is 436 g/mol. The van der Waals surface area contributed by atoms with Crippen molar-refractivity contribution in [2.24, 2.45) is 0 Å². The maximum Gasteiger partial charge on any atom is 0.230 e. The van der Waals surface area contributed by atoms with E-state index in [1.54, 1.807) is 13.4 Å². The Morgan fingerprint density at radius 3 is 2.79 bits per heavy atom. The number of aromatic nitrogens is 3. The molecule has 0 radical (unpaired) electrons. The van der Waals surface area contributed by atoms with Gasteiger partial charge in [-0.05, 0) is 48.7 Å². The lowest BCUT2D eigenvalue weighted by atomic mass is 10.1. The van der Waals surface area contributed by atoms with Gasteiger partial charge in [0.05, 0.1) is 25.7 Å². The molecular formula is C25H26N4O3S. The second-order valence-electron chi connectivity index (χ2n) is 7.52. The first-order valence-corrected chi connectivity index (χ1v) is 11.7. The Hall–Kier alpha value is -3.52. The van der Waals surface area contributed by atoms with Crippen molar-refractivity contribution in [3.05, 3.63) is 83.8 Å². The van der Waals surface area contributed by atoms with Gasteiger partial charge in [0, 0.05) is 12.1 Å². The van der Waals surface area contributed by atoms with E-state index in [0.29, 0.717) is 24.1 Å². The number of carbonyl (C=O) groups excluding carboxylic acids is 1. The lowest BCUT2D eigenvalue weighted by Gasteiger charge is -2.10. The van der Waals surface area contributed by atoms with Crippen LogP contribution in [0.5, 0.6) is 5.75 Å². The quantitative estimate of drug-likeness (QED) is 0.353. The molecule has 4 rings (SSSR count). The summed E-state index contributed by atoms with van der Waals surface area (Å²) in [6.07, 6.45) is 2.44. The lowest BCUT2D eigenvalue weighted by Crippen LogP contribution is -2.27. The lowest BCUT2D eigenvalue weighted by molar-refractivity contribution is -0.118. The van der Waals surface area contributed by atoms with E-state index in [4.69, 9.17) is 9.15 Å². The molecule has 1 amide bonds. The smallest absolute Gasteiger partial charge is 0.230 e. The standard InChI is InChI=1S/C25H26N4O3S/c1-18-7-3-4-8-19(18)12-13-26-23(30)17-33-25-28-27-24(20-9-5-10-21(15-20)31-2)29(25)16-22-11-6-14-32-22/h3-11,14-15H,12-13,16-17H2,1-2H3,(H,26,30). The summed E-state index contributed by atoms with van der Waals surface area (Å²) in [4.78, 5) is 12.5. The molecule has 0 bridgehead atoms. The van der Waals surface area contributed by atoms with Crippen LogP contribution in [0.25, 0.3) is 11.4 Å². The number of ether oxygens (including phenoxy) is 1. The summed E-state index contributed by atoms with van der Waals surface area (Å²) >= 11 is 1.36. The van der Waals surface area contributed by atoms with Gasteiger partial charge in [-0.2, -0.15) is 0 Å². The average Bonchev–Trinajstić information content (AvgIpc) is 3.49. The van der Waals surface area contributed by atoms with Crippen molar-refractivity contribution in [3.63, 3.8) is 0 Å². The monoisotopic (exact) mass is 462 g/mol. The van der Waals surface area contributed by atoms with Gasteiger partial charge in [-0.25, -0.2) is 0 Å². The predicted molar refractivity (Wildman–Crippen MR) is 128 cm³/mol. The Balaban J connectivity index is 1.43. The third-order valence-electron chi connectivity index (χ3n) is 5.25. The summed E-state index contributed by atoms with van der Waals surface area (Å²) in [7, 11) is 1.63. The Bertz CT molecular complexity index is 1200. The van der Waals surface area contributed by atoms with Crippen molar-refractivity contribution in [2.45, 2.75) is 25.0 Å². The van der Waals surface area contributed by atoms with Crippen molar-refractivity contribution in [1.29, 1.82) is 0 Å². The predicted octanol–water partition coefficient (Wildman–Crippen LogP) is 4.35. The average molecular weight is 463 g/mol. The number of methoxy groups -OCH3 is 1. The second-order valence-corrected chi connectivity index (χ2v) is 8.46. The van der Waals surface area contributed by atoms with Crippen LogP contribution in [-0.2, 0) is 17.8 Å². The molecule has 7 nitrogen and oxygen atoms in total. The Kier molecular flexibility index (Phi) is 7.47. The summed E-state index contributed by atoms with van der Waals surface area (Å²) in [6.45, 7) is 3.14. The molecule has 0 atom stereocenters. The highest BCUT2D eigenvalue weighted by molar-refractivity contribution is 7.99. The zero-order valence-electron chi connectivity index (χ0n) is 18.7. The highest BCUT2D eigenvalue weighted by Crippen LogP contribution is 2.27. The first kappa shape index (κ1) is 22.7. The van der Waals surface area contributed by atoms with Crippen LogP contribution in [0.1, 0.15) is 16.9 Å². The zero-order chi connectivity index (χ0) is 23.0. The normalized spacial score (nSPS) is 10.8. The maximum absolute atomic E-state index is 12.5. The first-order valence-electron chi connectivity index (χ1n) is 10.7. The largest absolute Gasteiger partial charge is 0.497 e. The molecule has 2 aromatic heterocycles. The third kappa shape index (κ3) is 5.84.